The van der Waals surface area contributed by atoms with Crippen LogP contribution < -0.4 is 10.0 Å². The van der Waals surface area contributed by atoms with Crippen LogP contribution in [0.15, 0.2) is 29.2 Å². The fourth-order valence-electron chi connectivity index (χ4n) is 5.80. The monoisotopic (exact) mass is 591 g/mol. The van der Waals surface area contributed by atoms with Gasteiger partial charge in [0.2, 0.25) is 10.0 Å². The smallest absolute Gasteiger partial charge is 0.254 e. The Morgan fingerprint density at radius 1 is 1.00 bits per heavy atom. The molecular formula is C31H46ClN3O4S. The number of hydrogen-bond acceptors (Lipinski definition) is 4. The maximum atomic E-state index is 13.4. The number of sulfonamides is 1. The summed E-state index contributed by atoms with van der Waals surface area (Å²) in [7, 11) is -3.75. The number of benzene rings is 1. The Kier molecular flexibility index (Phi) is 9.45. The number of aromatic nitrogens is 1. The van der Waals surface area contributed by atoms with Gasteiger partial charge in [-0.05, 0) is 87.1 Å². The van der Waals surface area contributed by atoms with E-state index in [1.54, 1.807) is 6.07 Å². The molecule has 0 bridgehead atoms. The molecule has 9 heteroatoms. The van der Waals surface area contributed by atoms with Crippen LogP contribution in [0.25, 0.3) is 11.3 Å². The second-order valence-electron chi connectivity index (χ2n) is 13.5. The molecule has 2 aromatic rings. The number of amides is 1. The highest BCUT2D eigenvalue weighted by molar-refractivity contribution is 7.89. The molecule has 2 fully saturated rings. The van der Waals surface area contributed by atoms with Crippen LogP contribution in [-0.4, -0.2) is 43.7 Å². The number of nitrogens with one attached hydrogen (secondary N) is 2. The van der Waals surface area contributed by atoms with E-state index < -0.39 is 21.0 Å². The van der Waals surface area contributed by atoms with Gasteiger partial charge >= 0.3 is 0 Å². The first-order valence-corrected chi connectivity index (χ1v) is 16.5. The highest BCUT2D eigenvalue weighted by atomic mass is 35.5. The molecule has 1 amide bonds. The molecule has 1 aromatic carbocycles. The van der Waals surface area contributed by atoms with E-state index in [2.05, 4.69) is 14.6 Å². The van der Waals surface area contributed by atoms with Crippen molar-refractivity contribution in [1.29, 1.82) is 0 Å². The number of hydrogen-bond donors (Lipinski definition) is 2. The van der Waals surface area contributed by atoms with E-state index in [4.69, 9.17) is 16.3 Å². The van der Waals surface area contributed by atoms with Gasteiger partial charge in [-0.2, -0.15) is 0 Å². The van der Waals surface area contributed by atoms with Gasteiger partial charge in [-0.15, -0.1) is 0 Å². The lowest BCUT2D eigenvalue weighted by atomic mass is 9.85. The third-order valence-electron chi connectivity index (χ3n) is 7.81. The van der Waals surface area contributed by atoms with Gasteiger partial charge < -0.3 is 14.6 Å². The average Bonchev–Trinajstić information content (AvgIpc) is 3.19. The molecule has 1 saturated heterocycles. The van der Waals surface area contributed by atoms with Crippen molar-refractivity contribution in [2.24, 2.45) is 5.92 Å². The van der Waals surface area contributed by atoms with Crippen molar-refractivity contribution in [1.82, 2.24) is 14.6 Å². The SMILES string of the molecule is CC(C)(C)NS(=O)(=O)c1ccc(-c2cc(C(=O)NC3CCOCC3)c(Cl)n2CC2CCCCC2)cc1C(C)(C)C. The molecule has 4 rings (SSSR count). The van der Waals surface area contributed by atoms with E-state index in [1.165, 1.54) is 19.3 Å². The zero-order chi connectivity index (χ0) is 29.3. The van der Waals surface area contributed by atoms with Crippen molar-refractivity contribution in [3.8, 4) is 11.3 Å². The van der Waals surface area contributed by atoms with Crippen LogP contribution >= 0.6 is 11.6 Å². The Balaban J connectivity index is 1.79. The average molecular weight is 592 g/mol. The second-order valence-corrected chi connectivity index (χ2v) is 15.5. The summed E-state index contributed by atoms with van der Waals surface area (Å²) in [6.07, 6.45) is 7.52. The van der Waals surface area contributed by atoms with Gasteiger partial charge in [0.1, 0.15) is 5.15 Å². The Hall–Kier alpha value is -1.87. The maximum absolute atomic E-state index is 13.4. The number of ether oxygens (including phenoxy) is 1. The first-order chi connectivity index (χ1) is 18.7. The number of nitrogens with zero attached hydrogens (tertiary/aromatic N) is 1. The highest BCUT2D eigenvalue weighted by Gasteiger charge is 2.31. The van der Waals surface area contributed by atoms with E-state index in [0.717, 1.165) is 49.0 Å². The Labute approximate surface area is 245 Å². The van der Waals surface area contributed by atoms with Crippen molar-refractivity contribution < 1.29 is 17.9 Å². The Morgan fingerprint density at radius 3 is 2.25 bits per heavy atom. The molecular weight excluding hydrogens is 546 g/mol. The summed E-state index contributed by atoms with van der Waals surface area (Å²) in [5.41, 5.74) is 1.82. The van der Waals surface area contributed by atoms with Gasteiger partial charge in [0.15, 0.2) is 0 Å². The molecule has 0 atom stereocenters. The molecule has 1 aliphatic carbocycles. The van der Waals surface area contributed by atoms with Crippen molar-refractivity contribution in [2.45, 2.75) is 115 Å². The molecule has 7 nitrogen and oxygen atoms in total. The number of carbonyl (C=O) groups excluding carboxylic acids is 1. The van der Waals surface area contributed by atoms with Crippen LogP contribution in [0.1, 0.15) is 102 Å². The summed E-state index contributed by atoms with van der Waals surface area (Å²) >= 11 is 6.99. The Morgan fingerprint density at radius 2 is 1.65 bits per heavy atom. The molecule has 40 heavy (non-hydrogen) atoms. The predicted molar refractivity (Wildman–Crippen MR) is 162 cm³/mol. The van der Waals surface area contributed by atoms with Gasteiger partial charge in [0.05, 0.1) is 10.5 Å². The second kappa shape index (κ2) is 12.2. The summed E-state index contributed by atoms with van der Waals surface area (Å²) in [5, 5.41) is 3.59. The predicted octanol–water partition coefficient (Wildman–Crippen LogP) is 6.67. The van der Waals surface area contributed by atoms with E-state index in [1.807, 2.05) is 59.7 Å². The summed E-state index contributed by atoms with van der Waals surface area (Å²) in [6.45, 7) is 13.6. The summed E-state index contributed by atoms with van der Waals surface area (Å²) in [4.78, 5) is 13.7. The zero-order valence-corrected chi connectivity index (χ0v) is 26.5. The molecule has 1 aliphatic heterocycles. The van der Waals surface area contributed by atoms with E-state index in [-0.39, 0.29) is 16.8 Å². The summed E-state index contributed by atoms with van der Waals surface area (Å²) in [6, 6.07) is 7.44. The van der Waals surface area contributed by atoms with Crippen molar-refractivity contribution >= 4 is 27.5 Å². The molecule has 0 unspecified atom stereocenters. The molecule has 2 aliphatic rings. The topological polar surface area (TPSA) is 89.4 Å². The van der Waals surface area contributed by atoms with Crippen molar-refractivity contribution in [2.75, 3.05) is 13.2 Å². The van der Waals surface area contributed by atoms with Crippen LogP contribution in [0.5, 0.6) is 0 Å². The van der Waals surface area contributed by atoms with Gasteiger partial charge in [0.25, 0.3) is 5.91 Å². The van der Waals surface area contributed by atoms with Crippen molar-refractivity contribution in [3.05, 3.63) is 40.5 Å². The molecule has 0 spiro atoms. The highest BCUT2D eigenvalue weighted by Crippen LogP contribution is 2.37. The third kappa shape index (κ3) is 7.50. The first-order valence-electron chi connectivity index (χ1n) is 14.6. The maximum Gasteiger partial charge on any atom is 0.254 e. The minimum Gasteiger partial charge on any atom is -0.381 e. The molecule has 2 heterocycles. The normalized spacial score (nSPS) is 18.2. The minimum atomic E-state index is -3.75. The fourth-order valence-corrected chi connectivity index (χ4v) is 7.92. The standard InChI is InChI=1S/C31H46ClN3O4S/c1-30(2,3)25-18-22(12-13-27(25)40(37,38)34-31(4,5)6)26-19-24(29(36)33-23-14-16-39-17-15-23)28(32)35(26)20-21-10-8-7-9-11-21/h12-13,18-19,21,23,34H,7-11,14-17,20H2,1-6H3,(H,33,36). The van der Waals surface area contributed by atoms with Crippen LogP contribution in [0.2, 0.25) is 5.15 Å². The van der Waals surface area contributed by atoms with Gasteiger partial charge in [-0.3, -0.25) is 4.79 Å². The first kappa shape index (κ1) is 31.1. The number of rotatable bonds is 7. The van der Waals surface area contributed by atoms with Crippen molar-refractivity contribution in [3.63, 3.8) is 0 Å². The number of halogens is 1. The third-order valence-corrected chi connectivity index (χ3v) is 10.0. The van der Waals surface area contributed by atoms with Gasteiger partial charge in [0, 0.05) is 37.0 Å². The van der Waals surface area contributed by atoms with Gasteiger partial charge in [-0.25, -0.2) is 13.1 Å². The number of carbonyl (C=O) groups is 1. The largest absolute Gasteiger partial charge is 0.381 e. The van der Waals surface area contributed by atoms with Gasteiger partial charge in [-0.1, -0.05) is 57.7 Å². The fraction of sp³-hybridized carbons (Fsp3) is 0.645. The molecule has 2 N–H and O–H groups in total. The summed E-state index contributed by atoms with van der Waals surface area (Å²) < 4.78 is 37.2. The minimum absolute atomic E-state index is 0.0646. The lowest BCUT2D eigenvalue weighted by molar-refractivity contribution is 0.0696. The molecule has 1 aromatic heterocycles. The quantitative estimate of drug-likeness (QED) is 0.376. The Bertz CT molecular complexity index is 1310. The molecule has 1 saturated carbocycles. The lowest BCUT2D eigenvalue weighted by Crippen LogP contribution is -2.41. The van der Waals surface area contributed by atoms with E-state index >= 15 is 0 Å². The zero-order valence-electron chi connectivity index (χ0n) is 24.9. The van der Waals surface area contributed by atoms with E-state index in [9.17, 15) is 13.2 Å². The van der Waals surface area contributed by atoms with Crippen LogP contribution in [-0.2, 0) is 26.7 Å². The van der Waals surface area contributed by atoms with E-state index in [0.29, 0.717) is 29.8 Å². The molecule has 222 valence electrons. The van der Waals surface area contributed by atoms with Crippen LogP contribution in [0, 0.1) is 5.92 Å². The lowest BCUT2D eigenvalue weighted by Gasteiger charge is -2.27. The van der Waals surface area contributed by atoms with Crippen LogP contribution in [0.4, 0.5) is 0 Å². The molecule has 0 radical (unpaired) electrons. The van der Waals surface area contributed by atoms with Crippen LogP contribution in [0.3, 0.4) is 0 Å². The summed E-state index contributed by atoms with van der Waals surface area (Å²) in [5.74, 6) is 0.312.